The number of carbonyl (C=O) groups excluding carboxylic acids is 4. The fourth-order valence-corrected chi connectivity index (χ4v) is 4.61. The lowest BCUT2D eigenvalue weighted by atomic mass is 10.1. The molecule has 0 saturated carbocycles. The number of carbonyl (C=O) groups is 4. The first-order valence-electron chi connectivity index (χ1n) is 12.0. The van der Waals surface area contributed by atoms with Crippen LogP contribution in [0.5, 0.6) is 11.5 Å². The number of hydrogen-bond donors (Lipinski definition) is 2. The number of hydrogen-bond acceptors (Lipinski definition) is 6. The summed E-state index contributed by atoms with van der Waals surface area (Å²) in [6.07, 6.45) is 1.27. The first kappa shape index (κ1) is 30.2. The molecule has 13 heteroatoms. The first-order chi connectivity index (χ1) is 19.5. The van der Waals surface area contributed by atoms with Crippen molar-refractivity contribution in [2.24, 2.45) is 0 Å². The Morgan fingerprint density at radius 1 is 0.951 bits per heavy atom. The number of nitrogens with zero attached hydrogens (tertiary/aromatic N) is 1. The van der Waals surface area contributed by atoms with Gasteiger partial charge >= 0.3 is 6.03 Å². The number of halogens is 4. The zero-order valence-corrected chi connectivity index (χ0v) is 24.5. The molecule has 0 radical (unpaired) electrons. The van der Waals surface area contributed by atoms with Gasteiger partial charge in [-0.15, -0.1) is 0 Å². The number of anilines is 2. The lowest BCUT2D eigenvalue weighted by molar-refractivity contribution is -0.122. The van der Waals surface area contributed by atoms with Crippen LogP contribution in [0.2, 0.25) is 20.1 Å². The average molecular weight is 637 g/mol. The molecule has 0 spiro atoms. The predicted octanol–water partition coefficient (Wildman–Crippen LogP) is 6.69. The molecule has 0 unspecified atom stereocenters. The van der Waals surface area contributed by atoms with Gasteiger partial charge in [-0.3, -0.25) is 19.7 Å². The first-order valence-corrected chi connectivity index (χ1v) is 13.5. The van der Waals surface area contributed by atoms with E-state index in [4.69, 9.17) is 55.9 Å². The van der Waals surface area contributed by atoms with E-state index in [0.717, 1.165) is 4.90 Å². The molecule has 41 heavy (non-hydrogen) atoms. The monoisotopic (exact) mass is 635 g/mol. The number of amides is 5. The SMILES string of the molecule is CCOc1cc(/C=C2/C(=O)NC(=O)N(c3cccc(Cl)c3C)C2=O)cc(Cl)c1OCC(=O)Nc1ccc(Cl)c(Cl)c1. The van der Waals surface area contributed by atoms with Crippen molar-refractivity contribution in [2.75, 3.05) is 23.4 Å². The molecule has 0 aromatic heterocycles. The molecule has 0 atom stereocenters. The van der Waals surface area contributed by atoms with E-state index in [1.54, 1.807) is 44.2 Å². The molecule has 1 aliphatic rings. The maximum absolute atomic E-state index is 13.3. The van der Waals surface area contributed by atoms with Gasteiger partial charge in [-0.1, -0.05) is 52.5 Å². The normalized spacial score (nSPS) is 14.2. The van der Waals surface area contributed by atoms with E-state index in [9.17, 15) is 19.2 Å². The largest absolute Gasteiger partial charge is 0.490 e. The molecule has 0 bridgehead atoms. The number of nitrogens with one attached hydrogen (secondary N) is 2. The van der Waals surface area contributed by atoms with Crippen molar-refractivity contribution in [1.82, 2.24) is 5.32 Å². The molecule has 3 aromatic rings. The van der Waals surface area contributed by atoms with Crippen LogP contribution in [0.15, 0.2) is 54.1 Å². The van der Waals surface area contributed by atoms with E-state index in [2.05, 4.69) is 10.6 Å². The summed E-state index contributed by atoms with van der Waals surface area (Å²) in [5.41, 5.74) is 1.12. The third kappa shape index (κ3) is 6.77. The highest BCUT2D eigenvalue weighted by Crippen LogP contribution is 2.38. The average Bonchev–Trinajstić information content (AvgIpc) is 2.90. The Morgan fingerprint density at radius 2 is 1.71 bits per heavy atom. The smallest absolute Gasteiger partial charge is 0.335 e. The molecular formula is C28H21Cl4N3O6. The highest BCUT2D eigenvalue weighted by Gasteiger charge is 2.37. The highest BCUT2D eigenvalue weighted by atomic mass is 35.5. The summed E-state index contributed by atoms with van der Waals surface area (Å²) in [4.78, 5) is 51.9. The zero-order chi connectivity index (χ0) is 29.8. The van der Waals surface area contributed by atoms with E-state index in [0.29, 0.717) is 26.9 Å². The zero-order valence-electron chi connectivity index (χ0n) is 21.5. The van der Waals surface area contributed by atoms with Crippen molar-refractivity contribution in [3.63, 3.8) is 0 Å². The van der Waals surface area contributed by atoms with E-state index >= 15 is 0 Å². The Kier molecular flexibility index (Phi) is 9.45. The molecule has 1 aliphatic heterocycles. The van der Waals surface area contributed by atoms with Crippen LogP contribution in [-0.4, -0.2) is 37.0 Å². The van der Waals surface area contributed by atoms with E-state index in [1.165, 1.54) is 24.3 Å². The summed E-state index contributed by atoms with van der Waals surface area (Å²) >= 11 is 24.5. The second-order valence-corrected chi connectivity index (χ2v) is 10.2. The minimum absolute atomic E-state index is 0.0485. The molecule has 9 nitrogen and oxygen atoms in total. The van der Waals surface area contributed by atoms with Gasteiger partial charge in [0, 0.05) is 10.7 Å². The maximum Gasteiger partial charge on any atom is 0.335 e. The van der Waals surface area contributed by atoms with Gasteiger partial charge in [0.2, 0.25) is 0 Å². The molecule has 1 saturated heterocycles. The Balaban J connectivity index is 1.59. The Bertz CT molecular complexity index is 1610. The van der Waals surface area contributed by atoms with Gasteiger partial charge < -0.3 is 14.8 Å². The lowest BCUT2D eigenvalue weighted by Crippen LogP contribution is -2.54. The standard InChI is InChI=1S/C28H21Cl4N3O6/c1-3-40-23-11-15(10-21(32)25(23)41-13-24(36)33-16-7-8-19(30)20(31)12-16)9-17-26(37)34-28(39)35(27(17)38)22-6-4-5-18(29)14(22)2/h4-12H,3,13H2,1-2H3,(H,33,36)(H,34,37,39)/b17-9-. The third-order valence-corrected chi connectivity index (χ3v) is 7.20. The molecular weight excluding hydrogens is 616 g/mol. The van der Waals surface area contributed by atoms with Crippen LogP contribution in [0.1, 0.15) is 18.1 Å². The number of barbiturate groups is 1. The summed E-state index contributed by atoms with van der Waals surface area (Å²) in [5.74, 6) is -2.00. The number of benzene rings is 3. The second kappa shape index (κ2) is 12.8. The topological polar surface area (TPSA) is 114 Å². The summed E-state index contributed by atoms with van der Waals surface area (Å²) in [6, 6.07) is 11.4. The van der Waals surface area contributed by atoms with Crippen LogP contribution in [0, 0.1) is 6.92 Å². The number of ether oxygens (including phenoxy) is 2. The molecule has 0 aliphatic carbocycles. The van der Waals surface area contributed by atoms with Gasteiger partial charge in [-0.25, -0.2) is 9.69 Å². The minimum Gasteiger partial charge on any atom is -0.490 e. The Hall–Kier alpha value is -3.76. The van der Waals surface area contributed by atoms with Gasteiger partial charge in [-0.2, -0.15) is 0 Å². The fourth-order valence-electron chi connectivity index (χ4n) is 3.86. The summed E-state index contributed by atoms with van der Waals surface area (Å²) < 4.78 is 11.3. The van der Waals surface area contributed by atoms with Gasteiger partial charge in [0.1, 0.15) is 5.57 Å². The maximum atomic E-state index is 13.3. The molecule has 3 aromatic carbocycles. The van der Waals surface area contributed by atoms with Crippen molar-refractivity contribution in [3.05, 3.63) is 85.3 Å². The van der Waals surface area contributed by atoms with Crippen molar-refractivity contribution >= 4 is 87.6 Å². The molecule has 1 fully saturated rings. The van der Waals surface area contributed by atoms with Crippen LogP contribution in [-0.2, 0) is 14.4 Å². The molecule has 2 N–H and O–H groups in total. The molecule has 212 valence electrons. The van der Waals surface area contributed by atoms with Crippen molar-refractivity contribution in [1.29, 1.82) is 0 Å². The highest BCUT2D eigenvalue weighted by molar-refractivity contribution is 6.42. The summed E-state index contributed by atoms with van der Waals surface area (Å²) in [5, 5.41) is 5.81. The lowest BCUT2D eigenvalue weighted by Gasteiger charge is -2.27. The van der Waals surface area contributed by atoms with Gasteiger partial charge in [0.05, 0.1) is 27.4 Å². The second-order valence-electron chi connectivity index (χ2n) is 8.57. The van der Waals surface area contributed by atoms with Crippen molar-refractivity contribution in [2.45, 2.75) is 13.8 Å². The van der Waals surface area contributed by atoms with E-state index < -0.39 is 30.4 Å². The minimum atomic E-state index is -0.904. The van der Waals surface area contributed by atoms with Gasteiger partial charge in [0.25, 0.3) is 17.7 Å². The van der Waals surface area contributed by atoms with E-state index in [1.807, 2.05) is 0 Å². The molecule has 1 heterocycles. The Labute approximate surface area is 254 Å². The van der Waals surface area contributed by atoms with Crippen LogP contribution in [0.3, 0.4) is 0 Å². The molecule has 4 rings (SSSR count). The van der Waals surface area contributed by atoms with Crippen LogP contribution in [0.4, 0.5) is 16.2 Å². The third-order valence-electron chi connectivity index (χ3n) is 5.78. The summed E-state index contributed by atoms with van der Waals surface area (Å²) in [6.45, 7) is 3.18. The van der Waals surface area contributed by atoms with Gasteiger partial charge in [0.15, 0.2) is 18.1 Å². The van der Waals surface area contributed by atoms with Crippen LogP contribution >= 0.6 is 46.4 Å². The van der Waals surface area contributed by atoms with Crippen molar-refractivity contribution < 1.29 is 28.7 Å². The Morgan fingerprint density at radius 3 is 2.41 bits per heavy atom. The fraction of sp³-hybridized carbons (Fsp3) is 0.143. The summed E-state index contributed by atoms with van der Waals surface area (Å²) in [7, 11) is 0. The van der Waals surface area contributed by atoms with E-state index in [-0.39, 0.29) is 39.4 Å². The van der Waals surface area contributed by atoms with Crippen molar-refractivity contribution in [3.8, 4) is 11.5 Å². The number of rotatable bonds is 8. The number of imide groups is 2. The van der Waals surface area contributed by atoms with Crippen LogP contribution < -0.4 is 25.0 Å². The van der Waals surface area contributed by atoms with Gasteiger partial charge in [-0.05, 0) is 73.5 Å². The quantitative estimate of drug-likeness (QED) is 0.210. The number of urea groups is 1. The molecule has 5 amide bonds. The predicted molar refractivity (Wildman–Crippen MR) is 158 cm³/mol. The van der Waals surface area contributed by atoms with Crippen LogP contribution in [0.25, 0.3) is 6.08 Å².